The van der Waals surface area contributed by atoms with Crippen LogP contribution in [-0.2, 0) is 6.54 Å². The maximum absolute atomic E-state index is 10.5. The number of aliphatic hydroxyl groups is 1. The second-order valence-electron chi connectivity index (χ2n) is 8.33. The molecule has 0 bridgehead atoms. The van der Waals surface area contributed by atoms with Crippen LogP contribution >= 0.6 is 0 Å². The minimum absolute atomic E-state index is 0.170. The highest BCUT2D eigenvalue weighted by atomic mass is 16.7. The van der Waals surface area contributed by atoms with Gasteiger partial charge in [-0.1, -0.05) is 35.5 Å². The number of β-amino-alcohol motifs (C(OH)–C–C–N with tert-alkyl or cyclic N) is 1. The van der Waals surface area contributed by atoms with E-state index in [1.165, 1.54) is 0 Å². The van der Waals surface area contributed by atoms with Crippen LogP contribution in [0.1, 0.15) is 23.9 Å². The summed E-state index contributed by atoms with van der Waals surface area (Å²) >= 11 is 0. The van der Waals surface area contributed by atoms with Gasteiger partial charge in [0.1, 0.15) is 5.75 Å². The van der Waals surface area contributed by atoms with E-state index >= 15 is 0 Å². The summed E-state index contributed by atoms with van der Waals surface area (Å²) in [4.78, 5) is 6.85. The van der Waals surface area contributed by atoms with E-state index in [4.69, 9.17) is 18.7 Å². The van der Waals surface area contributed by atoms with Crippen LogP contribution in [0.3, 0.4) is 0 Å². The third kappa shape index (κ3) is 3.57. The van der Waals surface area contributed by atoms with Gasteiger partial charge in [-0.25, -0.2) is 0 Å². The van der Waals surface area contributed by atoms with Crippen LogP contribution in [0, 0.1) is 0 Å². The minimum atomic E-state index is -0.458. The molecular weight excluding hydrogens is 422 g/mol. The minimum Gasteiger partial charge on any atom is -0.496 e. The molecule has 8 heteroatoms. The molecular formula is C25H23N3O5. The van der Waals surface area contributed by atoms with E-state index in [2.05, 4.69) is 33.2 Å². The number of methoxy groups -OCH3 is 1. The van der Waals surface area contributed by atoms with Crippen molar-refractivity contribution < 1.29 is 23.8 Å². The second-order valence-corrected chi connectivity index (χ2v) is 8.33. The van der Waals surface area contributed by atoms with E-state index in [1.807, 2.05) is 36.4 Å². The highest BCUT2D eigenvalue weighted by Gasteiger charge is 2.36. The lowest BCUT2D eigenvalue weighted by molar-refractivity contribution is 0.169. The van der Waals surface area contributed by atoms with Gasteiger partial charge < -0.3 is 23.8 Å². The average molecular weight is 445 g/mol. The van der Waals surface area contributed by atoms with Crippen molar-refractivity contribution in [2.24, 2.45) is 0 Å². The van der Waals surface area contributed by atoms with Crippen molar-refractivity contribution in [3.63, 3.8) is 0 Å². The molecule has 0 saturated carbocycles. The van der Waals surface area contributed by atoms with Gasteiger partial charge in [0.05, 0.1) is 19.3 Å². The maximum Gasteiger partial charge on any atom is 0.244 e. The highest BCUT2D eigenvalue weighted by molar-refractivity contribution is 5.91. The van der Waals surface area contributed by atoms with Gasteiger partial charge in [-0.3, -0.25) is 4.90 Å². The van der Waals surface area contributed by atoms with Crippen LogP contribution in [0.4, 0.5) is 0 Å². The molecule has 0 unspecified atom stereocenters. The predicted octanol–water partition coefficient (Wildman–Crippen LogP) is 3.94. The molecule has 8 nitrogen and oxygen atoms in total. The van der Waals surface area contributed by atoms with Crippen LogP contribution in [0.25, 0.3) is 22.2 Å². The lowest BCUT2D eigenvalue weighted by Gasteiger charge is -2.22. The molecule has 2 aliphatic heterocycles. The van der Waals surface area contributed by atoms with Crippen molar-refractivity contribution in [1.29, 1.82) is 0 Å². The zero-order valence-electron chi connectivity index (χ0n) is 18.1. The predicted molar refractivity (Wildman–Crippen MR) is 120 cm³/mol. The Bertz CT molecular complexity index is 1320. The summed E-state index contributed by atoms with van der Waals surface area (Å²) < 4.78 is 22.0. The SMILES string of the molecule is COc1ccc(CN2C[C@H](O)C[C@H]2c2nc(-c3ccc4c(c3)OCO4)no2)c2ccccc12. The number of ether oxygens (including phenoxy) is 3. The van der Waals surface area contributed by atoms with Gasteiger partial charge in [-0.05, 0) is 41.6 Å². The van der Waals surface area contributed by atoms with Gasteiger partial charge in [-0.2, -0.15) is 4.98 Å². The van der Waals surface area contributed by atoms with Crippen molar-refractivity contribution in [3.8, 4) is 28.6 Å². The van der Waals surface area contributed by atoms with Crippen LogP contribution in [0.5, 0.6) is 17.2 Å². The summed E-state index contributed by atoms with van der Waals surface area (Å²) in [7, 11) is 1.68. The molecule has 4 aromatic rings. The van der Waals surface area contributed by atoms with E-state index in [0.717, 1.165) is 27.6 Å². The van der Waals surface area contributed by atoms with Gasteiger partial charge in [0.2, 0.25) is 18.5 Å². The first-order valence-electron chi connectivity index (χ1n) is 10.9. The summed E-state index contributed by atoms with van der Waals surface area (Å²) in [5.41, 5.74) is 1.95. The Morgan fingerprint density at radius 2 is 1.91 bits per heavy atom. The van der Waals surface area contributed by atoms with Crippen molar-refractivity contribution in [3.05, 3.63) is 66.1 Å². The Labute approximate surface area is 190 Å². The maximum atomic E-state index is 10.5. The fourth-order valence-electron chi connectivity index (χ4n) is 4.70. The molecule has 33 heavy (non-hydrogen) atoms. The van der Waals surface area contributed by atoms with Crippen molar-refractivity contribution in [1.82, 2.24) is 15.0 Å². The summed E-state index contributed by atoms with van der Waals surface area (Å²) in [5.74, 6) is 3.21. The molecule has 168 valence electrons. The van der Waals surface area contributed by atoms with E-state index in [0.29, 0.717) is 42.7 Å². The fraction of sp³-hybridized carbons (Fsp3) is 0.280. The topological polar surface area (TPSA) is 90.1 Å². The zero-order valence-corrected chi connectivity index (χ0v) is 18.1. The van der Waals surface area contributed by atoms with Crippen LogP contribution in [0.15, 0.2) is 59.1 Å². The summed E-state index contributed by atoms with van der Waals surface area (Å²) in [6.45, 7) is 1.39. The number of aliphatic hydroxyl groups excluding tert-OH is 1. The first-order valence-corrected chi connectivity index (χ1v) is 10.9. The second kappa shape index (κ2) is 8.06. The monoisotopic (exact) mass is 445 g/mol. The molecule has 3 aromatic carbocycles. The number of hydrogen-bond acceptors (Lipinski definition) is 8. The first-order chi connectivity index (χ1) is 16.2. The summed E-state index contributed by atoms with van der Waals surface area (Å²) in [5, 5.41) is 16.8. The number of benzene rings is 3. The van der Waals surface area contributed by atoms with Gasteiger partial charge in [-0.15, -0.1) is 0 Å². The third-order valence-electron chi connectivity index (χ3n) is 6.31. The molecule has 0 spiro atoms. The molecule has 1 fully saturated rings. The lowest BCUT2D eigenvalue weighted by atomic mass is 10.0. The Hall–Kier alpha value is -3.62. The normalized spacial score (nSPS) is 19.9. The molecule has 1 saturated heterocycles. The van der Waals surface area contributed by atoms with Crippen LogP contribution in [0.2, 0.25) is 0 Å². The van der Waals surface area contributed by atoms with Crippen molar-refractivity contribution in [2.45, 2.75) is 25.1 Å². The smallest absolute Gasteiger partial charge is 0.244 e. The molecule has 1 aromatic heterocycles. The molecule has 2 atom stereocenters. The average Bonchev–Trinajstić information content (AvgIpc) is 3.58. The van der Waals surface area contributed by atoms with Crippen molar-refractivity contribution in [2.75, 3.05) is 20.4 Å². The Balaban J connectivity index is 1.29. The Kier molecular flexibility index (Phi) is 4.89. The molecule has 0 aliphatic carbocycles. The Morgan fingerprint density at radius 3 is 2.79 bits per heavy atom. The number of aromatic nitrogens is 2. The molecule has 6 rings (SSSR count). The highest BCUT2D eigenvalue weighted by Crippen LogP contribution is 2.38. The van der Waals surface area contributed by atoms with E-state index < -0.39 is 6.10 Å². The lowest BCUT2D eigenvalue weighted by Crippen LogP contribution is -2.24. The number of fused-ring (bicyclic) bond motifs is 2. The molecule has 0 radical (unpaired) electrons. The van der Waals surface area contributed by atoms with E-state index in [1.54, 1.807) is 7.11 Å². The van der Waals surface area contributed by atoms with Crippen molar-refractivity contribution >= 4 is 10.8 Å². The van der Waals surface area contributed by atoms with Gasteiger partial charge >= 0.3 is 0 Å². The van der Waals surface area contributed by atoms with Gasteiger partial charge in [0.25, 0.3) is 0 Å². The first kappa shape index (κ1) is 20.0. The van der Waals surface area contributed by atoms with Crippen LogP contribution < -0.4 is 14.2 Å². The number of hydrogen-bond donors (Lipinski definition) is 1. The van der Waals surface area contributed by atoms with E-state index in [-0.39, 0.29) is 12.8 Å². The summed E-state index contributed by atoms with van der Waals surface area (Å²) in [6, 6.07) is 17.7. The fourth-order valence-corrected chi connectivity index (χ4v) is 4.70. The standard InChI is InChI=1S/C25H23N3O5/c1-30-21-8-7-16(18-4-2-3-5-19(18)21)12-28-13-17(29)11-20(28)25-26-24(27-33-25)15-6-9-22-23(10-15)32-14-31-22/h2-10,17,20,29H,11-14H2,1H3/t17-,20+/m1/s1. The van der Waals surface area contributed by atoms with E-state index in [9.17, 15) is 5.11 Å². The zero-order chi connectivity index (χ0) is 22.4. The third-order valence-corrected chi connectivity index (χ3v) is 6.31. The van der Waals surface area contributed by atoms with Crippen LogP contribution in [-0.4, -0.2) is 46.7 Å². The van der Waals surface area contributed by atoms with Gasteiger partial charge in [0, 0.05) is 24.0 Å². The largest absolute Gasteiger partial charge is 0.496 e. The van der Waals surface area contributed by atoms with Gasteiger partial charge in [0.15, 0.2) is 11.5 Å². The molecule has 2 aliphatic rings. The quantitative estimate of drug-likeness (QED) is 0.494. The number of nitrogens with zero attached hydrogens (tertiary/aromatic N) is 3. The molecule has 1 N–H and O–H groups in total. The number of likely N-dealkylation sites (tertiary alicyclic amines) is 1. The molecule has 3 heterocycles. The number of rotatable bonds is 5. The summed E-state index contributed by atoms with van der Waals surface area (Å²) in [6.07, 6.45) is 0.0806. The molecule has 0 amide bonds. The Morgan fingerprint density at radius 1 is 1.06 bits per heavy atom.